The maximum absolute atomic E-state index is 12.3. The number of carbonyl (C=O) groups excluding carboxylic acids is 1. The van der Waals surface area contributed by atoms with Crippen molar-refractivity contribution in [3.05, 3.63) is 51.9 Å². The van der Waals surface area contributed by atoms with E-state index in [9.17, 15) is 9.90 Å². The molecule has 0 bridgehead atoms. The maximum Gasteiger partial charge on any atom is 0.137 e. The van der Waals surface area contributed by atoms with Crippen LogP contribution in [0.5, 0.6) is 0 Å². The number of aliphatic hydroxyl groups is 1. The van der Waals surface area contributed by atoms with E-state index in [1.165, 1.54) is 6.92 Å². The van der Waals surface area contributed by atoms with Crippen LogP contribution >= 0.6 is 11.6 Å². The number of ketones is 1. The molecule has 3 atom stereocenters. The molecule has 3 unspecified atom stereocenters. The van der Waals surface area contributed by atoms with Gasteiger partial charge in [0.2, 0.25) is 0 Å². The molecule has 1 N–H and O–H groups in total. The smallest absolute Gasteiger partial charge is 0.137 e. The molecule has 0 radical (unpaired) electrons. The topological polar surface area (TPSA) is 63.3 Å². The third-order valence-electron chi connectivity index (χ3n) is 4.50. The molecule has 116 valence electrons. The Morgan fingerprint density at radius 2 is 2.14 bits per heavy atom. The summed E-state index contributed by atoms with van der Waals surface area (Å²) in [5, 5.41) is 15.5. The van der Waals surface area contributed by atoms with E-state index in [0.717, 1.165) is 11.1 Å². The summed E-state index contributed by atoms with van der Waals surface area (Å²) in [6.45, 7) is 5.01. The summed E-state index contributed by atoms with van der Waals surface area (Å²) < 4.78 is 5.31. The van der Waals surface area contributed by atoms with E-state index in [4.69, 9.17) is 16.1 Å². The lowest BCUT2D eigenvalue weighted by atomic mass is 9.64. The molecule has 1 aliphatic rings. The van der Waals surface area contributed by atoms with Gasteiger partial charge in [0.15, 0.2) is 0 Å². The summed E-state index contributed by atoms with van der Waals surface area (Å²) in [4.78, 5) is 12.3. The highest BCUT2D eigenvalue weighted by Gasteiger charge is 2.49. The number of aryl methyl sites for hydroxylation is 1. The summed E-state index contributed by atoms with van der Waals surface area (Å²) in [5.41, 5.74) is 1.20. The molecule has 1 aliphatic carbocycles. The summed E-state index contributed by atoms with van der Waals surface area (Å²) in [7, 11) is 0. The molecule has 1 aromatic heterocycles. The zero-order valence-electron chi connectivity index (χ0n) is 12.8. The van der Waals surface area contributed by atoms with Crippen molar-refractivity contribution in [2.45, 2.75) is 38.7 Å². The van der Waals surface area contributed by atoms with Gasteiger partial charge in [0, 0.05) is 22.9 Å². The summed E-state index contributed by atoms with van der Waals surface area (Å²) in [6.07, 6.45) is 0.297. The number of halogens is 1. The first-order chi connectivity index (χ1) is 10.3. The average Bonchev–Trinajstić information content (AvgIpc) is 2.77. The van der Waals surface area contributed by atoms with Crippen LogP contribution in [0.3, 0.4) is 0 Å². The van der Waals surface area contributed by atoms with Crippen LogP contribution < -0.4 is 0 Å². The summed E-state index contributed by atoms with van der Waals surface area (Å²) >= 11 is 6.36. The fraction of sp³-hybridized carbons (Fsp3) is 0.412. The van der Waals surface area contributed by atoms with Crippen LogP contribution in [0.2, 0.25) is 5.02 Å². The second kappa shape index (κ2) is 5.21. The van der Waals surface area contributed by atoms with Crippen molar-refractivity contribution < 1.29 is 14.4 Å². The first-order valence-electron chi connectivity index (χ1n) is 7.25. The Bertz CT molecular complexity index is 735. The van der Waals surface area contributed by atoms with Gasteiger partial charge in [-0.05, 0) is 32.4 Å². The monoisotopic (exact) mass is 319 g/mol. The van der Waals surface area contributed by atoms with Crippen molar-refractivity contribution in [2.75, 3.05) is 0 Å². The van der Waals surface area contributed by atoms with Crippen LogP contribution in [0.4, 0.5) is 0 Å². The molecule has 5 heteroatoms. The van der Waals surface area contributed by atoms with Crippen LogP contribution in [0, 0.1) is 12.8 Å². The van der Waals surface area contributed by atoms with Crippen LogP contribution in [0.1, 0.15) is 42.3 Å². The molecule has 1 heterocycles. The molecule has 0 spiro atoms. The van der Waals surface area contributed by atoms with Crippen LogP contribution in [-0.4, -0.2) is 21.6 Å². The Labute approximate surface area is 134 Å². The number of fused-ring (bicyclic) bond motifs is 1. The zero-order valence-corrected chi connectivity index (χ0v) is 13.5. The highest BCUT2D eigenvalue weighted by molar-refractivity contribution is 6.31. The second-order valence-electron chi connectivity index (χ2n) is 6.22. The third-order valence-corrected chi connectivity index (χ3v) is 4.85. The minimum atomic E-state index is -1.19. The van der Waals surface area contributed by atoms with Gasteiger partial charge in [0.05, 0.1) is 17.2 Å². The number of hydrogen-bond acceptors (Lipinski definition) is 4. The van der Waals surface area contributed by atoms with Crippen LogP contribution in [0.15, 0.2) is 28.8 Å². The largest absolute Gasteiger partial charge is 0.389 e. The lowest BCUT2D eigenvalue weighted by Crippen LogP contribution is -2.48. The van der Waals surface area contributed by atoms with Crippen molar-refractivity contribution >= 4 is 17.4 Å². The van der Waals surface area contributed by atoms with Gasteiger partial charge in [0.25, 0.3) is 0 Å². The fourth-order valence-corrected chi connectivity index (χ4v) is 3.91. The lowest BCUT2D eigenvalue weighted by molar-refractivity contribution is -0.130. The molecular formula is C17H18ClNO3. The van der Waals surface area contributed by atoms with E-state index in [-0.39, 0.29) is 11.7 Å². The molecule has 0 aliphatic heterocycles. The average molecular weight is 320 g/mol. The number of aromatic nitrogens is 1. The minimum absolute atomic E-state index is 0.0684. The van der Waals surface area contributed by atoms with Crippen molar-refractivity contribution in [2.24, 2.45) is 5.92 Å². The molecule has 1 aromatic carbocycles. The van der Waals surface area contributed by atoms with Gasteiger partial charge in [-0.3, -0.25) is 4.79 Å². The minimum Gasteiger partial charge on any atom is -0.389 e. The molecule has 0 saturated carbocycles. The predicted octanol–water partition coefficient (Wildman–Crippen LogP) is 3.28. The first kappa shape index (κ1) is 15.3. The Morgan fingerprint density at radius 3 is 2.77 bits per heavy atom. The van der Waals surface area contributed by atoms with Gasteiger partial charge in [-0.1, -0.05) is 35.0 Å². The number of rotatable bonds is 2. The highest BCUT2D eigenvalue weighted by Crippen LogP contribution is 2.48. The van der Waals surface area contributed by atoms with E-state index in [2.05, 4.69) is 5.16 Å². The van der Waals surface area contributed by atoms with Gasteiger partial charge >= 0.3 is 0 Å². The number of benzene rings is 1. The van der Waals surface area contributed by atoms with E-state index >= 15 is 0 Å². The van der Waals surface area contributed by atoms with Crippen molar-refractivity contribution in [1.29, 1.82) is 0 Å². The lowest BCUT2D eigenvalue weighted by Gasteiger charge is -2.41. The van der Waals surface area contributed by atoms with Gasteiger partial charge < -0.3 is 9.63 Å². The SMILES string of the molecule is CC(=O)C1C(c2ccccc2Cl)c2c(noc2C)CC1(C)O. The van der Waals surface area contributed by atoms with Gasteiger partial charge in [-0.25, -0.2) is 0 Å². The predicted molar refractivity (Wildman–Crippen MR) is 83.0 cm³/mol. The van der Waals surface area contributed by atoms with Crippen molar-refractivity contribution in [1.82, 2.24) is 5.16 Å². The van der Waals surface area contributed by atoms with Crippen LogP contribution in [-0.2, 0) is 11.2 Å². The quantitative estimate of drug-likeness (QED) is 0.922. The normalized spacial score (nSPS) is 27.5. The Morgan fingerprint density at radius 1 is 1.45 bits per heavy atom. The van der Waals surface area contributed by atoms with Crippen molar-refractivity contribution in [3.8, 4) is 0 Å². The van der Waals surface area contributed by atoms with E-state index < -0.39 is 11.5 Å². The first-order valence-corrected chi connectivity index (χ1v) is 7.63. The van der Waals surface area contributed by atoms with E-state index in [1.807, 2.05) is 25.1 Å². The molecule has 4 nitrogen and oxygen atoms in total. The van der Waals surface area contributed by atoms with Crippen LogP contribution in [0.25, 0.3) is 0 Å². The molecular weight excluding hydrogens is 302 g/mol. The number of hydrogen-bond donors (Lipinski definition) is 1. The Hall–Kier alpha value is -1.65. The number of nitrogens with zero attached hydrogens (tertiary/aromatic N) is 1. The standard InChI is InChI=1S/C17H18ClNO3/c1-9(20)16-15(11-6-4-5-7-12(11)18)14-10(2)22-19-13(14)8-17(16,3)21/h4-7,15-16,21H,8H2,1-3H3. The zero-order chi connectivity index (χ0) is 16.1. The molecule has 0 fully saturated rings. The molecule has 3 rings (SSSR count). The third kappa shape index (κ3) is 2.27. The second-order valence-corrected chi connectivity index (χ2v) is 6.63. The number of carbonyl (C=O) groups is 1. The van der Waals surface area contributed by atoms with E-state index in [0.29, 0.717) is 22.9 Å². The van der Waals surface area contributed by atoms with Gasteiger partial charge in [-0.15, -0.1) is 0 Å². The molecule has 22 heavy (non-hydrogen) atoms. The summed E-state index contributed by atoms with van der Waals surface area (Å²) in [6, 6.07) is 7.40. The molecule has 2 aromatic rings. The maximum atomic E-state index is 12.3. The van der Waals surface area contributed by atoms with Crippen molar-refractivity contribution in [3.63, 3.8) is 0 Å². The summed E-state index contributed by atoms with van der Waals surface area (Å²) in [5.74, 6) is -0.336. The van der Waals surface area contributed by atoms with Gasteiger partial charge in [0.1, 0.15) is 11.5 Å². The van der Waals surface area contributed by atoms with Gasteiger partial charge in [-0.2, -0.15) is 0 Å². The Balaban J connectivity index is 2.28. The molecule has 0 amide bonds. The molecule has 0 saturated heterocycles. The highest BCUT2D eigenvalue weighted by atomic mass is 35.5. The number of Topliss-reactive ketones (excluding diaryl/α,β-unsaturated/α-hetero) is 1. The Kier molecular flexibility index (Phi) is 3.62. The van der Waals surface area contributed by atoms with E-state index in [1.54, 1.807) is 13.0 Å². The fourth-order valence-electron chi connectivity index (χ4n) is 3.66.